The van der Waals surface area contributed by atoms with Crippen molar-refractivity contribution in [3.8, 4) is 11.5 Å². The third-order valence-corrected chi connectivity index (χ3v) is 5.64. The van der Waals surface area contributed by atoms with Crippen molar-refractivity contribution in [3.63, 3.8) is 0 Å². The topological polar surface area (TPSA) is 84.9 Å². The number of hydrogen-bond donors (Lipinski definition) is 1. The number of nitrogens with zero attached hydrogens (tertiary/aromatic N) is 1. The molecule has 7 nitrogen and oxygen atoms in total. The summed E-state index contributed by atoms with van der Waals surface area (Å²) >= 11 is 2.38. The van der Waals surface area contributed by atoms with E-state index in [1.165, 1.54) is 11.3 Å². The molecule has 1 saturated heterocycles. The first-order valence-electron chi connectivity index (χ1n) is 8.08. The molecule has 2 aliphatic heterocycles. The van der Waals surface area contributed by atoms with Crippen LogP contribution >= 0.6 is 23.1 Å². The number of anilines is 1. The molecule has 0 atom stereocenters. The zero-order valence-electron chi connectivity index (χ0n) is 14.0. The van der Waals surface area contributed by atoms with E-state index in [1.54, 1.807) is 24.3 Å². The van der Waals surface area contributed by atoms with Gasteiger partial charge in [0.05, 0.1) is 4.91 Å². The summed E-state index contributed by atoms with van der Waals surface area (Å²) in [6.07, 6.45) is 1.71. The Hall–Kier alpha value is -2.78. The van der Waals surface area contributed by atoms with Crippen molar-refractivity contribution < 1.29 is 23.9 Å². The molecule has 1 fully saturated rings. The molecule has 2 aliphatic rings. The molecule has 0 radical (unpaired) electrons. The zero-order valence-corrected chi connectivity index (χ0v) is 15.6. The molecule has 0 aliphatic carbocycles. The van der Waals surface area contributed by atoms with Gasteiger partial charge in [0.2, 0.25) is 12.7 Å². The van der Waals surface area contributed by atoms with Crippen molar-refractivity contribution >= 4 is 51.9 Å². The average Bonchev–Trinajstić information content (AvgIpc) is 3.36. The number of carbonyl (C=O) groups excluding carboxylic acids is 3. The van der Waals surface area contributed by atoms with Crippen LogP contribution in [-0.2, 0) is 9.59 Å². The lowest BCUT2D eigenvalue weighted by molar-refractivity contribution is -0.123. The number of imide groups is 1. The summed E-state index contributed by atoms with van der Waals surface area (Å²) < 4.78 is 10.5. The summed E-state index contributed by atoms with van der Waals surface area (Å²) in [6.45, 7) is 0.188. The largest absolute Gasteiger partial charge is 0.454 e. The number of rotatable bonds is 5. The van der Waals surface area contributed by atoms with E-state index in [9.17, 15) is 14.4 Å². The second kappa shape index (κ2) is 7.45. The van der Waals surface area contributed by atoms with Crippen LogP contribution in [0.25, 0.3) is 6.08 Å². The van der Waals surface area contributed by atoms with Crippen molar-refractivity contribution in [3.05, 3.63) is 45.5 Å². The lowest BCUT2D eigenvalue weighted by atomic mass is 10.2. The number of nitrogens with one attached hydrogen (secondary N) is 1. The zero-order chi connectivity index (χ0) is 18.8. The number of carbonyl (C=O) groups is 3. The molecule has 3 amide bonds. The van der Waals surface area contributed by atoms with E-state index >= 15 is 0 Å². The highest BCUT2D eigenvalue weighted by Crippen LogP contribution is 2.35. The van der Waals surface area contributed by atoms with E-state index in [1.807, 2.05) is 17.5 Å². The Morgan fingerprint density at radius 1 is 1.22 bits per heavy atom. The third kappa shape index (κ3) is 3.83. The highest BCUT2D eigenvalue weighted by atomic mass is 32.2. The van der Waals surface area contributed by atoms with Crippen LogP contribution in [0.5, 0.6) is 11.5 Å². The smallest absolute Gasteiger partial charge is 0.293 e. The van der Waals surface area contributed by atoms with Crippen molar-refractivity contribution in [2.75, 3.05) is 18.7 Å². The minimum absolute atomic E-state index is 0.0127. The Bertz CT molecular complexity index is 939. The fourth-order valence-corrected chi connectivity index (χ4v) is 4.19. The number of hydrogen-bond acceptors (Lipinski definition) is 7. The fraction of sp³-hybridized carbons (Fsp3) is 0.167. The van der Waals surface area contributed by atoms with Gasteiger partial charge in [0, 0.05) is 29.6 Å². The molecule has 3 heterocycles. The van der Waals surface area contributed by atoms with Gasteiger partial charge in [-0.15, -0.1) is 11.3 Å². The van der Waals surface area contributed by atoms with E-state index in [-0.39, 0.29) is 36.8 Å². The molecule has 2 aromatic rings. The van der Waals surface area contributed by atoms with Gasteiger partial charge >= 0.3 is 0 Å². The first kappa shape index (κ1) is 17.6. The molecule has 138 valence electrons. The van der Waals surface area contributed by atoms with E-state index in [4.69, 9.17) is 9.47 Å². The molecular formula is C18H14N2O5S2. The van der Waals surface area contributed by atoms with Gasteiger partial charge in [0.25, 0.3) is 11.1 Å². The summed E-state index contributed by atoms with van der Waals surface area (Å²) in [7, 11) is 0. The Morgan fingerprint density at radius 3 is 2.89 bits per heavy atom. The second-order valence-electron chi connectivity index (χ2n) is 5.71. The number of benzene rings is 1. The van der Waals surface area contributed by atoms with Gasteiger partial charge in [-0.1, -0.05) is 6.07 Å². The fourth-order valence-electron chi connectivity index (χ4n) is 2.61. The molecule has 1 aromatic heterocycles. The van der Waals surface area contributed by atoms with Gasteiger partial charge in [-0.3, -0.25) is 19.3 Å². The minimum Gasteiger partial charge on any atom is -0.454 e. The van der Waals surface area contributed by atoms with Crippen LogP contribution < -0.4 is 14.8 Å². The highest BCUT2D eigenvalue weighted by Gasteiger charge is 2.35. The maximum absolute atomic E-state index is 12.4. The average molecular weight is 402 g/mol. The van der Waals surface area contributed by atoms with Crippen LogP contribution in [0, 0.1) is 0 Å². The minimum atomic E-state index is -0.366. The predicted molar refractivity (Wildman–Crippen MR) is 103 cm³/mol. The highest BCUT2D eigenvalue weighted by molar-refractivity contribution is 8.18. The Balaban J connectivity index is 1.35. The van der Waals surface area contributed by atoms with E-state index in [0.29, 0.717) is 22.1 Å². The van der Waals surface area contributed by atoms with Crippen molar-refractivity contribution in [2.45, 2.75) is 6.42 Å². The number of thiophene rings is 1. The summed E-state index contributed by atoms with van der Waals surface area (Å²) in [5.74, 6) is 0.533. The number of ether oxygens (including phenoxy) is 2. The van der Waals surface area contributed by atoms with Crippen LogP contribution in [-0.4, -0.2) is 35.3 Å². The van der Waals surface area contributed by atoms with Gasteiger partial charge in [-0.25, -0.2) is 0 Å². The molecular weight excluding hydrogens is 388 g/mol. The van der Waals surface area contributed by atoms with Crippen molar-refractivity contribution in [2.24, 2.45) is 0 Å². The first-order valence-corrected chi connectivity index (χ1v) is 9.78. The first-order chi connectivity index (χ1) is 13.1. The van der Waals surface area contributed by atoms with Crippen LogP contribution in [0.3, 0.4) is 0 Å². The van der Waals surface area contributed by atoms with E-state index in [0.717, 1.165) is 21.5 Å². The predicted octanol–water partition coefficient (Wildman–Crippen LogP) is 3.54. The molecule has 0 spiro atoms. The summed E-state index contributed by atoms with van der Waals surface area (Å²) in [5.41, 5.74) is 0.566. The van der Waals surface area contributed by atoms with Crippen LogP contribution in [0.15, 0.2) is 40.6 Å². The molecule has 0 bridgehead atoms. The van der Waals surface area contributed by atoms with Crippen molar-refractivity contribution in [1.29, 1.82) is 0 Å². The van der Waals surface area contributed by atoms with Crippen LogP contribution in [0.2, 0.25) is 0 Å². The molecule has 4 rings (SSSR count). The summed E-state index contributed by atoms with van der Waals surface area (Å²) in [6, 6.07) is 8.84. The third-order valence-electron chi connectivity index (χ3n) is 3.91. The second-order valence-corrected chi connectivity index (χ2v) is 7.69. The lowest BCUT2D eigenvalue weighted by Crippen LogP contribution is -2.31. The quantitative estimate of drug-likeness (QED) is 0.770. The normalized spacial score (nSPS) is 17.0. The Kier molecular flexibility index (Phi) is 4.87. The van der Waals surface area contributed by atoms with Gasteiger partial charge in [0.1, 0.15) is 0 Å². The maximum atomic E-state index is 12.4. The number of fused-ring (bicyclic) bond motifs is 1. The monoisotopic (exact) mass is 402 g/mol. The number of thioether (sulfide) groups is 1. The van der Waals surface area contributed by atoms with Gasteiger partial charge in [-0.05, 0) is 41.4 Å². The Morgan fingerprint density at radius 2 is 2.07 bits per heavy atom. The summed E-state index contributed by atoms with van der Waals surface area (Å²) in [4.78, 5) is 39.0. The van der Waals surface area contributed by atoms with Crippen LogP contribution in [0.1, 0.15) is 11.3 Å². The molecule has 1 N–H and O–H groups in total. The van der Waals surface area contributed by atoms with Crippen molar-refractivity contribution in [1.82, 2.24) is 4.90 Å². The van der Waals surface area contributed by atoms with Gasteiger partial charge in [-0.2, -0.15) is 0 Å². The van der Waals surface area contributed by atoms with Gasteiger partial charge in [0.15, 0.2) is 11.5 Å². The van der Waals surface area contributed by atoms with E-state index in [2.05, 4.69) is 5.32 Å². The SMILES string of the molecule is O=C(CCN1C(=O)SC(=Cc2cccs2)C1=O)Nc1ccc2c(c1)OCO2. The standard InChI is InChI=1S/C18H14N2O5S2/c21-16(19-11-3-4-13-14(8-11)25-10-24-13)5-6-20-17(22)15(27-18(20)23)9-12-2-1-7-26-12/h1-4,7-9H,5-6,10H2,(H,19,21). The lowest BCUT2D eigenvalue weighted by Gasteiger charge is -2.12. The maximum Gasteiger partial charge on any atom is 0.293 e. The van der Waals surface area contributed by atoms with E-state index < -0.39 is 0 Å². The Labute approximate surface area is 162 Å². The summed E-state index contributed by atoms with van der Waals surface area (Å²) in [5, 5.41) is 4.27. The van der Waals surface area contributed by atoms with Crippen LogP contribution in [0.4, 0.5) is 10.5 Å². The number of amides is 3. The molecule has 0 saturated carbocycles. The molecule has 0 unspecified atom stereocenters. The molecule has 9 heteroatoms. The molecule has 1 aromatic carbocycles. The van der Waals surface area contributed by atoms with Gasteiger partial charge < -0.3 is 14.8 Å². The molecule has 27 heavy (non-hydrogen) atoms.